The number of amides is 1. The maximum atomic E-state index is 11.3. The Morgan fingerprint density at radius 2 is 1.94 bits per heavy atom. The number of carbonyl (C=O) groups is 2. The van der Waals surface area contributed by atoms with Gasteiger partial charge in [0.05, 0.1) is 24.2 Å². The van der Waals surface area contributed by atoms with Gasteiger partial charge in [0.15, 0.2) is 0 Å². The fourth-order valence-electron chi connectivity index (χ4n) is 1.93. The predicted octanol–water partition coefficient (Wildman–Crippen LogP) is 1.27. The van der Waals surface area contributed by atoms with Crippen LogP contribution in [0.4, 0.5) is 0 Å². The standard InChI is InChI=1S/C12H21NO4S/c14-11(8-18-9-12(15)16)13-6-7-17-10-4-2-1-3-5-10/h10H,1-9H2,(H,13,14)(H,15,16). The number of aliphatic carboxylic acids is 1. The normalized spacial score (nSPS) is 16.4. The summed E-state index contributed by atoms with van der Waals surface area (Å²) in [5, 5.41) is 11.1. The molecule has 0 radical (unpaired) electrons. The fraction of sp³-hybridized carbons (Fsp3) is 0.833. The van der Waals surface area contributed by atoms with Crippen molar-refractivity contribution in [2.45, 2.75) is 38.2 Å². The molecule has 0 aromatic carbocycles. The number of rotatable bonds is 8. The minimum atomic E-state index is -0.895. The Balaban J connectivity index is 1.93. The van der Waals surface area contributed by atoms with Gasteiger partial charge in [0.1, 0.15) is 0 Å². The van der Waals surface area contributed by atoms with E-state index in [-0.39, 0.29) is 17.4 Å². The van der Waals surface area contributed by atoms with E-state index in [0.29, 0.717) is 19.3 Å². The lowest BCUT2D eigenvalue weighted by atomic mass is 9.98. The van der Waals surface area contributed by atoms with Crippen molar-refractivity contribution in [3.05, 3.63) is 0 Å². The van der Waals surface area contributed by atoms with E-state index >= 15 is 0 Å². The molecule has 1 aliphatic rings. The lowest BCUT2D eigenvalue weighted by Gasteiger charge is -2.21. The third-order valence-electron chi connectivity index (χ3n) is 2.79. The van der Waals surface area contributed by atoms with Crippen molar-refractivity contribution in [2.75, 3.05) is 24.7 Å². The highest BCUT2D eigenvalue weighted by atomic mass is 32.2. The van der Waals surface area contributed by atoms with Crippen LogP contribution in [0, 0.1) is 0 Å². The van der Waals surface area contributed by atoms with Crippen molar-refractivity contribution in [1.82, 2.24) is 5.32 Å². The van der Waals surface area contributed by atoms with Crippen LogP contribution in [0.5, 0.6) is 0 Å². The Kier molecular flexibility index (Phi) is 7.84. The van der Waals surface area contributed by atoms with Crippen molar-refractivity contribution < 1.29 is 19.4 Å². The second-order valence-electron chi connectivity index (χ2n) is 4.37. The zero-order chi connectivity index (χ0) is 13.2. The summed E-state index contributed by atoms with van der Waals surface area (Å²) in [6.45, 7) is 1.04. The molecule has 2 N–H and O–H groups in total. The van der Waals surface area contributed by atoms with E-state index in [1.165, 1.54) is 19.3 Å². The summed E-state index contributed by atoms with van der Waals surface area (Å²) in [7, 11) is 0. The van der Waals surface area contributed by atoms with Crippen LogP contribution in [0.2, 0.25) is 0 Å². The number of hydrogen-bond donors (Lipinski definition) is 2. The Labute approximate surface area is 112 Å². The van der Waals surface area contributed by atoms with Crippen molar-refractivity contribution in [3.8, 4) is 0 Å². The predicted molar refractivity (Wildman–Crippen MR) is 70.8 cm³/mol. The van der Waals surface area contributed by atoms with E-state index in [9.17, 15) is 9.59 Å². The Morgan fingerprint density at radius 1 is 1.22 bits per heavy atom. The number of carboxylic acid groups (broad SMARTS) is 1. The molecule has 1 fully saturated rings. The lowest BCUT2D eigenvalue weighted by Crippen LogP contribution is -2.30. The van der Waals surface area contributed by atoms with Gasteiger partial charge in [0.2, 0.25) is 5.91 Å². The molecule has 0 aromatic heterocycles. The molecule has 1 saturated carbocycles. The van der Waals surface area contributed by atoms with E-state index in [2.05, 4.69) is 5.32 Å². The van der Waals surface area contributed by atoms with Gasteiger partial charge in [-0.05, 0) is 12.8 Å². The minimum Gasteiger partial charge on any atom is -0.481 e. The Morgan fingerprint density at radius 3 is 2.61 bits per heavy atom. The van der Waals surface area contributed by atoms with Crippen LogP contribution in [-0.4, -0.2) is 47.7 Å². The van der Waals surface area contributed by atoms with Crippen LogP contribution in [0.15, 0.2) is 0 Å². The van der Waals surface area contributed by atoms with Crippen LogP contribution in [-0.2, 0) is 14.3 Å². The first kappa shape index (κ1) is 15.3. The van der Waals surface area contributed by atoms with Gasteiger partial charge in [-0.2, -0.15) is 0 Å². The fourth-order valence-corrected chi connectivity index (χ4v) is 2.49. The highest BCUT2D eigenvalue weighted by Gasteiger charge is 2.13. The molecule has 0 aromatic rings. The third kappa shape index (κ3) is 7.55. The number of carboxylic acids is 1. The van der Waals surface area contributed by atoms with E-state index < -0.39 is 5.97 Å². The highest BCUT2D eigenvalue weighted by molar-refractivity contribution is 8.00. The van der Waals surface area contributed by atoms with Gasteiger partial charge in [-0.25, -0.2) is 0 Å². The number of ether oxygens (including phenoxy) is 1. The first-order valence-corrected chi connectivity index (χ1v) is 7.52. The smallest absolute Gasteiger partial charge is 0.313 e. The van der Waals surface area contributed by atoms with Gasteiger partial charge in [0, 0.05) is 6.54 Å². The van der Waals surface area contributed by atoms with Crippen LogP contribution in [0.3, 0.4) is 0 Å². The first-order chi connectivity index (χ1) is 8.68. The second kappa shape index (κ2) is 9.22. The zero-order valence-corrected chi connectivity index (χ0v) is 11.3. The number of hydrogen-bond acceptors (Lipinski definition) is 4. The van der Waals surface area contributed by atoms with Crippen LogP contribution >= 0.6 is 11.8 Å². The topological polar surface area (TPSA) is 75.6 Å². The summed E-state index contributed by atoms with van der Waals surface area (Å²) in [4.78, 5) is 21.5. The third-order valence-corrected chi connectivity index (χ3v) is 3.71. The van der Waals surface area contributed by atoms with E-state index in [4.69, 9.17) is 9.84 Å². The molecule has 0 heterocycles. The quantitative estimate of drug-likeness (QED) is 0.652. The lowest BCUT2D eigenvalue weighted by molar-refractivity contribution is -0.133. The van der Waals surface area contributed by atoms with E-state index in [0.717, 1.165) is 24.6 Å². The maximum Gasteiger partial charge on any atom is 0.313 e. The molecule has 6 heteroatoms. The van der Waals surface area contributed by atoms with Gasteiger partial charge in [-0.1, -0.05) is 19.3 Å². The van der Waals surface area contributed by atoms with Crippen molar-refractivity contribution in [1.29, 1.82) is 0 Å². The molecule has 18 heavy (non-hydrogen) atoms. The summed E-state index contributed by atoms with van der Waals surface area (Å²) < 4.78 is 5.66. The summed E-state index contributed by atoms with van der Waals surface area (Å²) in [5.41, 5.74) is 0. The summed E-state index contributed by atoms with van der Waals surface area (Å²) in [6, 6.07) is 0. The molecule has 5 nitrogen and oxygen atoms in total. The molecule has 104 valence electrons. The van der Waals surface area contributed by atoms with Gasteiger partial charge in [-0.3, -0.25) is 9.59 Å². The minimum absolute atomic E-state index is 0.0357. The van der Waals surface area contributed by atoms with Crippen molar-refractivity contribution >= 4 is 23.6 Å². The van der Waals surface area contributed by atoms with Crippen LogP contribution in [0.1, 0.15) is 32.1 Å². The van der Waals surface area contributed by atoms with Gasteiger partial charge < -0.3 is 15.2 Å². The maximum absolute atomic E-state index is 11.3. The molecule has 0 saturated heterocycles. The van der Waals surface area contributed by atoms with E-state index in [1.807, 2.05) is 0 Å². The molecule has 0 spiro atoms. The summed E-state index contributed by atoms with van der Waals surface area (Å²) >= 11 is 1.10. The number of nitrogens with one attached hydrogen (secondary N) is 1. The van der Waals surface area contributed by atoms with Crippen LogP contribution < -0.4 is 5.32 Å². The SMILES string of the molecule is O=C(O)CSCC(=O)NCCOC1CCCCC1. The first-order valence-electron chi connectivity index (χ1n) is 6.36. The molecule has 0 bridgehead atoms. The monoisotopic (exact) mass is 275 g/mol. The Bertz CT molecular complexity index is 267. The Hall–Kier alpha value is -0.750. The molecular formula is C12H21NO4S. The zero-order valence-electron chi connectivity index (χ0n) is 10.5. The second-order valence-corrected chi connectivity index (χ2v) is 5.35. The van der Waals surface area contributed by atoms with E-state index in [1.54, 1.807) is 0 Å². The number of thioether (sulfide) groups is 1. The van der Waals surface area contributed by atoms with Crippen molar-refractivity contribution in [2.24, 2.45) is 0 Å². The van der Waals surface area contributed by atoms with Gasteiger partial charge in [-0.15, -0.1) is 11.8 Å². The molecule has 1 aliphatic carbocycles. The largest absolute Gasteiger partial charge is 0.481 e. The van der Waals surface area contributed by atoms with Crippen LogP contribution in [0.25, 0.3) is 0 Å². The molecule has 1 rings (SSSR count). The molecule has 0 aliphatic heterocycles. The average molecular weight is 275 g/mol. The number of carbonyl (C=O) groups excluding carboxylic acids is 1. The molecular weight excluding hydrogens is 254 g/mol. The molecule has 0 unspecified atom stereocenters. The molecule has 0 atom stereocenters. The van der Waals surface area contributed by atoms with Gasteiger partial charge in [0.25, 0.3) is 0 Å². The summed E-state index contributed by atoms with van der Waals surface area (Å²) in [5.74, 6) is -0.872. The average Bonchev–Trinajstić information content (AvgIpc) is 2.35. The highest BCUT2D eigenvalue weighted by Crippen LogP contribution is 2.19. The molecule has 1 amide bonds. The summed E-state index contributed by atoms with van der Waals surface area (Å²) in [6.07, 6.45) is 6.39. The van der Waals surface area contributed by atoms with Gasteiger partial charge >= 0.3 is 5.97 Å². The van der Waals surface area contributed by atoms with Crippen molar-refractivity contribution in [3.63, 3.8) is 0 Å².